The molecule has 0 spiro atoms. The number of nitrogens with two attached hydrogens (primary N) is 1. The minimum atomic E-state index is -3.96. The number of anilines is 2. The van der Waals surface area contributed by atoms with Crippen molar-refractivity contribution < 1.29 is 17.6 Å². The zero-order valence-electron chi connectivity index (χ0n) is 11.9. The van der Waals surface area contributed by atoms with E-state index in [0.29, 0.717) is 5.69 Å². The van der Waals surface area contributed by atoms with Crippen molar-refractivity contribution >= 4 is 27.3 Å². The molecular weight excluding hydrogens is 306 g/mol. The lowest BCUT2D eigenvalue weighted by Crippen LogP contribution is -2.14. The summed E-state index contributed by atoms with van der Waals surface area (Å²) in [6, 6.07) is 6.78. The molecule has 8 heteroatoms. The summed E-state index contributed by atoms with van der Waals surface area (Å²) in [7, 11) is -1.97. The predicted octanol–water partition coefficient (Wildman–Crippen LogP) is 1.17. The highest BCUT2D eigenvalue weighted by atomic mass is 32.2. The zero-order chi connectivity index (χ0) is 15.9. The third-order valence-electron chi connectivity index (χ3n) is 3.59. The summed E-state index contributed by atoms with van der Waals surface area (Å²) >= 11 is 0. The van der Waals surface area contributed by atoms with Crippen LogP contribution < -0.4 is 15.4 Å². The van der Waals surface area contributed by atoms with Crippen LogP contribution >= 0.6 is 0 Å². The van der Waals surface area contributed by atoms with E-state index in [0.717, 1.165) is 31.0 Å². The van der Waals surface area contributed by atoms with Crippen LogP contribution in [-0.2, 0) is 16.4 Å². The summed E-state index contributed by atoms with van der Waals surface area (Å²) in [4.78, 5) is 14.2. The van der Waals surface area contributed by atoms with Gasteiger partial charge in [0.2, 0.25) is 5.09 Å². The number of amides is 1. The number of likely N-dealkylation sites (N-methyl/N-ethyl adjacent to an activating group) is 1. The number of benzene rings is 1. The number of rotatable bonds is 3. The van der Waals surface area contributed by atoms with Crippen LogP contribution in [0.5, 0.6) is 0 Å². The van der Waals surface area contributed by atoms with E-state index in [1.165, 1.54) is 5.56 Å². The van der Waals surface area contributed by atoms with Crippen molar-refractivity contribution in [3.05, 3.63) is 41.7 Å². The van der Waals surface area contributed by atoms with Crippen LogP contribution in [0.4, 0.5) is 11.4 Å². The Morgan fingerprint density at radius 2 is 2.14 bits per heavy atom. The quantitative estimate of drug-likeness (QED) is 0.883. The van der Waals surface area contributed by atoms with Gasteiger partial charge in [-0.2, -0.15) is 0 Å². The van der Waals surface area contributed by atoms with Gasteiger partial charge in [-0.1, -0.05) is 6.07 Å². The molecule has 0 saturated heterocycles. The summed E-state index contributed by atoms with van der Waals surface area (Å²) in [6.45, 7) is 0.951. The standard InChI is InChI=1S/C14H15N3O4S/c1-17-5-4-9-2-3-11(7-12(9)17)16-14(18)10-6-13(21-8-10)22(15,19)20/h2-3,6-8H,4-5H2,1H3,(H,16,18)(H2,15,19,20). The first-order valence-corrected chi connectivity index (χ1v) is 8.16. The lowest BCUT2D eigenvalue weighted by Gasteiger charge is -2.13. The molecule has 116 valence electrons. The van der Waals surface area contributed by atoms with Gasteiger partial charge in [0.25, 0.3) is 15.9 Å². The Labute approximate surface area is 127 Å². The molecule has 0 atom stereocenters. The second-order valence-corrected chi connectivity index (χ2v) is 6.66. The average Bonchev–Trinajstić information content (AvgIpc) is 3.06. The minimum absolute atomic E-state index is 0.0953. The Balaban J connectivity index is 1.80. The van der Waals surface area contributed by atoms with Crippen molar-refractivity contribution in [2.75, 3.05) is 23.8 Å². The third kappa shape index (κ3) is 2.70. The Bertz CT molecular complexity index is 842. The number of nitrogens with one attached hydrogen (secondary N) is 1. The first-order chi connectivity index (χ1) is 10.3. The van der Waals surface area contributed by atoms with Crippen LogP contribution in [0, 0.1) is 0 Å². The van der Waals surface area contributed by atoms with Gasteiger partial charge in [-0.05, 0) is 24.1 Å². The zero-order valence-corrected chi connectivity index (χ0v) is 12.7. The van der Waals surface area contributed by atoms with Crippen LogP contribution in [0.15, 0.2) is 40.0 Å². The van der Waals surface area contributed by atoms with Crippen LogP contribution in [0.25, 0.3) is 0 Å². The van der Waals surface area contributed by atoms with Crippen molar-refractivity contribution in [3.8, 4) is 0 Å². The summed E-state index contributed by atoms with van der Waals surface area (Å²) in [5.41, 5.74) is 3.05. The highest BCUT2D eigenvalue weighted by molar-refractivity contribution is 7.89. The highest BCUT2D eigenvalue weighted by Gasteiger charge is 2.19. The monoisotopic (exact) mass is 321 g/mol. The molecule has 22 heavy (non-hydrogen) atoms. The number of furan rings is 1. The molecule has 0 saturated carbocycles. The third-order valence-corrected chi connectivity index (χ3v) is 4.36. The van der Waals surface area contributed by atoms with E-state index >= 15 is 0 Å². The summed E-state index contributed by atoms with van der Waals surface area (Å²) in [5, 5.41) is 7.21. The Hall–Kier alpha value is -2.32. The molecule has 1 amide bonds. The molecule has 0 unspecified atom stereocenters. The fourth-order valence-corrected chi connectivity index (χ4v) is 2.88. The van der Waals surface area contributed by atoms with Crippen molar-refractivity contribution in [3.63, 3.8) is 0 Å². The van der Waals surface area contributed by atoms with E-state index in [1.807, 2.05) is 25.2 Å². The molecule has 7 nitrogen and oxygen atoms in total. The molecule has 3 rings (SSSR count). The van der Waals surface area contributed by atoms with Gasteiger partial charge < -0.3 is 14.6 Å². The molecular formula is C14H15N3O4S. The second kappa shape index (κ2) is 5.15. The maximum Gasteiger partial charge on any atom is 0.271 e. The van der Waals surface area contributed by atoms with Gasteiger partial charge in [0.1, 0.15) is 6.26 Å². The molecule has 0 fully saturated rings. The van der Waals surface area contributed by atoms with Gasteiger partial charge in [0.05, 0.1) is 5.56 Å². The van der Waals surface area contributed by atoms with Crippen molar-refractivity contribution in [2.45, 2.75) is 11.5 Å². The highest BCUT2D eigenvalue weighted by Crippen LogP contribution is 2.29. The number of carbonyl (C=O) groups is 1. The fraction of sp³-hybridized carbons (Fsp3) is 0.214. The summed E-state index contributed by atoms with van der Waals surface area (Å²) in [5.74, 6) is -0.459. The molecule has 1 aromatic heterocycles. The number of fused-ring (bicyclic) bond motifs is 1. The second-order valence-electron chi connectivity index (χ2n) is 5.17. The smallest absolute Gasteiger partial charge is 0.271 e. The molecule has 2 heterocycles. The van der Waals surface area contributed by atoms with E-state index < -0.39 is 21.0 Å². The molecule has 0 bridgehead atoms. The van der Waals surface area contributed by atoms with Gasteiger partial charge in [0, 0.05) is 31.0 Å². The number of carbonyl (C=O) groups excluding carboxylic acids is 1. The van der Waals surface area contributed by atoms with Crippen LogP contribution in [0.1, 0.15) is 15.9 Å². The van der Waals surface area contributed by atoms with E-state index in [9.17, 15) is 13.2 Å². The van der Waals surface area contributed by atoms with Gasteiger partial charge in [-0.25, -0.2) is 13.6 Å². The largest absolute Gasteiger partial charge is 0.451 e. The van der Waals surface area contributed by atoms with Crippen molar-refractivity contribution in [1.29, 1.82) is 0 Å². The van der Waals surface area contributed by atoms with Gasteiger partial charge >= 0.3 is 0 Å². The van der Waals surface area contributed by atoms with Crippen molar-refractivity contribution in [1.82, 2.24) is 0 Å². The molecule has 0 radical (unpaired) electrons. The number of primary sulfonamides is 1. The summed E-state index contributed by atoms with van der Waals surface area (Å²) in [6.07, 6.45) is 2.05. The fourth-order valence-electron chi connectivity index (χ4n) is 2.41. The Morgan fingerprint density at radius 3 is 2.82 bits per heavy atom. The van der Waals surface area contributed by atoms with E-state index in [1.54, 1.807) is 0 Å². The van der Waals surface area contributed by atoms with Crippen LogP contribution in [0.3, 0.4) is 0 Å². The van der Waals surface area contributed by atoms with Crippen LogP contribution in [-0.4, -0.2) is 27.9 Å². The summed E-state index contributed by atoms with van der Waals surface area (Å²) < 4.78 is 27.1. The minimum Gasteiger partial charge on any atom is -0.451 e. The lowest BCUT2D eigenvalue weighted by atomic mass is 10.1. The maximum atomic E-state index is 12.1. The molecule has 2 aromatic rings. The molecule has 1 aliphatic heterocycles. The maximum absolute atomic E-state index is 12.1. The van der Waals surface area contributed by atoms with Gasteiger partial charge in [-0.15, -0.1) is 0 Å². The Kier molecular flexibility index (Phi) is 3.42. The normalized spacial score (nSPS) is 14.0. The molecule has 0 aliphatic carbocycles. The predicted molar refractivity (Wildman–Crippen MR) is 81.5 cm³/mol. The number of nitrogens with zero attached hydrogens (tertiary/aromatic N) is 1. The first-order valence-electron chi connectivity index (χ1n) is 6.61. The van der Waals surface area contributed by atoms with E-state index in [4.69, 9.17) is 9.56 Å². The SMILES string of the molecule is CN1CCc2ccc(NC(=O)c3coc(S(N)(=O)=O)c3)cc21. The number of hydrogen-bond acceptors (Lipinski definition) is 5. The van der Waals surface area contributed by atoms with Gasteiger partial charge in [-0.3, -0.25) is 4.79 Å². The van der Waals surface area contributed by atoms with Gasteiger partial charge in [0.15, 0.2) is 0 Å². The molecule has 1 aromatic carbocycles. The average molecular weight is 321 g/mol. The number of hydrogen-bond donors (Lipinski definition) is 2. The number of sulfonamides is 1. The topological polar surface area (TPSA) is 106 Å². The first kappa shape index (κ1) is 14.6. The van der Waals surface area contributed by atoms with E-state index in [-0.39, 0.29) is 5.56 Å². The Morgan fingerprint density at radius 1 is 1.36 bits per heavy atom. The molecule has 3 N–H and O–H groups in total. The van der Waals surface area contributed by atoms with Crippen molar-refractivity contribution in [2.24, 2.45) is 5.14 Å². The molecule has 1 aliphatic rings. The van der Waals surface area contributed by atoms with E-state index in [2.05, 4.69) is 10.2 Å². The van der Waals surface area contributed by atoms with Crippen LogP contribution in [0.2, 0.25) is 0 Å². The lowest BCUT2D eigenvalue weighted by molar-refractivity contribution is 0.102.